The zero-order chi connectivity index (χ0) is 14.2. The average Bonchev–Trinajstić information content (AvgIpc) is 2.86. The molecule has 2 fully saturated rings. The van der Waals surface area contributed by atoms with Crippen LogP contribution in [0, 0.1) is 5.41 Å². The van der Waals surface area contributed by atoms with Gasteiger partial charge < -0.3 is 4.90 Å². The lowest BCUT2D eigenvalue weighted by Gasteiger charge is -2.34. The minimum Gasteiger partial charge on any atom is -0.341 e. The van der Waals surface area contributed by atoms with Gasteiger partial charge in [-0.3, -0.25) is 24.6 Å². The van der Waals surface area contributed by atoms with Crippen LogP contribution in [0.4, 0.5) is 4.79 Å². The molecule has 0 aromatic carbocycles. The van der Waals surface area contributed by atoms with Gasteiger partial charge in [0, 0.05) is 13.1 Å². The maximum atomic E-state index is 12.1. The summed E-state index contributed by atoms with van der Waals surface area (Å²) in [7, 11) is 0. The fourth-order valence-corrected chi connectivity index (χ4v) is 2.19. The van der Waals surface area contributed by atoms with Crippen molar-refractivity contribution in [2.75, 3.05) is 19.6 Å². The van der Waals surface area contributed by atoms with Crippen molar-refractivity contribution in [2.24, 2.45) is 5.41 Å². The van der Waals surface area contributed by atoms with Gasteiger partial charge in [-0.1, -0.05) is 0 Å². The smallest absolute Gasteiger partial charge is 0.331 e. The zero-order valence-electron chi connectivity index (χ0n) is 11.1. The molecule has 2 aliphatic heterocycles. The standard InChI is InChI=1S/C12H17N3O4/c1-12(2)9(17)13-11(19)15(10(12)18)7-8(16)14-5-3-4-6-14/h3-7H2,1-2H3,(H,13,17,19). The summed E-state index contributed by atoms with van der Waals surface area (Å²) in [5.41, 5.74) is -1.32. The molecule has 2 saturated heterocycles. The number of hydrogen-bond donors (Lipinski definition) is 1. The summed E-state index contributed by atoms with van der Waals surface area (Å²) in [6, 6.07) is -0.818. The first kappa shape index (κ1) is 13.5. The number of urea groups is 1. The number of likely N-dealkylation sites (tertiary alicyclic amines) is 1. The first-order valence-corrected chi connectivity index (χ1v) is 6.29. The van der Waals surface area contributed by atoms with Gasteiger partial charge in [-0.05, 0) is 26.7 Å². The predicted molar refractivity (Wildman–Crippen MR) is 64.8 cm³/mol. The van der Waals surface area contributed by atoms with Gasteiger partial charge in [0.05, 0.1) is 0 Å². The number of barbiturate groups is 1. The van der Waals surface area contributed by atoms with Crippen molar-refractivity contribution in [3.05, 3.63) is 0 Å². The molecule has 2 aliphatic rings. The number of nitrogens with zero attached hydrogens (tertiary/aromatic N) is 2. The van der Waals surface area contributed by atoms with Gasteiger partial charge in [0.1, 0.15) is 12.0 Å². The third-order valence-electron chi connectivity index (χ3n) is 3.57. The van der Waals surface area contributed by atoms with E-state index in [1.54, 1.807) is 4.90 Å². The molecule has 0 unspecified atom stereocenters. The topological polar surface area (TPSA) is 86.8 Å². The Morgan fingerprint density at radius 3 is 2.37 bits per heavy atom. The lowest BCUT2D eigenvalue weighted by atomic mass is 9.89. The molecule has 2 heterocycles. The van der Waals surface area contributed by atoms with Crippen LogP contribution in [0.25, 0.3) is 0 Å². The van der Waals surface area contributed by atoms with Gasteiger partial charge in [0.15, 0.2) is 0 Å². The highest BCUT2D eigenvalue weighted by Gasteiger charge is 2.47. The Morgan fingerprint density at radius 2 is 1.79 bits per heavy atom. The van der Waals surface area contributed by atoms with E-state index in [2.05, 4.69) is 5.32 Å². The molecule has 0 aromatic heterocycles. The largest absolute Gasteiger partial charge is 0.341 e. The van der Waals surface area contributed by atoms with Crippen LogP contribution in [0.15, 0.2) is 0 Å². The third-order valence-corrected chi connectivity index (χ3v) is 3.57. The Hall–Kier alpha value is -1.92. The van der Waals surface area contributed by atoms with Gasteiger partial charge in [-0.2, -0.15) is 0 Å². The van der Waals surface area contributed by atoms with Crippen molar-refractivity contribution in [3.8, 4) is 0 Å². The first-order chi connectivity index (χ1) is 8.84. The third kappa shape index (κ3) is 2.32. The summed E-state index contributed by atoms with van der Waals surface area (Å²) in [5.74, 6) is -1.52. The maximum Gasteiger partial charge on any atom is 0.331 e. The molecule has 0 saturated carbocycles. The molecule has 2 rings (SSSR count). The van der Waals surface area contributed by atoms with E-state index in [1.165, 1.54) is 13.8 Å². The Kier molecular flexibility index (Phi) is 3.30. The lowest BCUT2D eigenvalue weighted by molar-refractivity contribution is -0.151. The highest BCUT2D eigenvalue weighted by Crippen LogP contribution is 2.23. The molecule has 5 amide bonds. The second-order valence-corrected chi connectivity index (χ2v) is 5.36. The second-order valence-electron chi connectivity index (χ2n) is 5.36. The zero-order valence-corrected chi connectivity index (χ0v) is 11.1. The van der Waals surface area contributed by atoms with E-state index >= 15 is 0 Å². The normalized spacial score (nSPS) is 22.7. The quantitative estimate of drug-likeness (QED) is 0.697. The van der Waals surface area contributed by atoms with Crippen molar-refractivity contribution >= 4 is 23.8 Å². The van der Waals surface area contributed by atoms with Gasteiger partial charge >= 0.3 is 6.03 Å². The first-order valence-electron chi connectivity index (χ1n) is 6.29. The summed E-state index contributed by atoms with van der Waals surface area (Å²) < 4.78 is 0. The van der Waals surface area contributed by atoms with Crippen molar-refractivity contribution in [1.82, 2.24) is 15.1 Å². The Morgan fingerprint density at radius 1 is 1.21 bits per heavy atom. The second kappa shape index (κ2) is 4.64. The minimum atomic E-state index is -1.32. The number of hydrogen-bond acceptors (Lipinski definition) is 4. The summed E-state index contributed by atoms with van der Waals surface area (Å²) in [6.07, 6.45) is 1.88. The van der Waals surface area contributed by atoms with Crippen LogP contribution in [0.5, 0.6) is 0 Å². The summed E-state index contributed by atoms with van der Waals surface area (Å²) >= 11 is 0. The summed E-state index contributed by atoms with van der Waals surface area (Å²) in [4.78, 5) is 49.7. The Bertz CT molecular complexity index is 452. The molecule has 0 spiro atoms. The average molecular weight is 267 g/mol. The fraction of sp³-hybridized carbons (Fsp3) is 0.667. The van der Waals surface area contributed by atoms with Crippen molar-refractivity contribution < 1.29 is 19.2 Å². The van der Waals surface area contributed by atoms with E-state index in [0.717, 1.165) is 17.7 Å². The number of carbonyl (C=O) groups excluding carboxylic acids is 4. The monoisotopic (exact) mass is 267 g/mol. The summed E-state index contributed by atoms with van der Waals surface area (Å²) in [6.45, 7) is 3.88. The van der Waals surface area contributed by atoms with E-state index in [-0.39, 0.29) is 12.5 Å². The predicted octanol–water partition coefficient (Wildman–Crippen LogP) is -0.287. The number of imide groups is 2. The van der Waals surface area contributed by atoms with E-state index in [1.807, 2.05) is 0 Å². The number of rotatable bonds is 2. The lowest BCUT2D eigenvalue weighted by Crippen LogP contribution is -2.63. The molecule has 1 N–H and O–H groups in total. The minimum absolute atomic E-state index is 0.258. The number of amides is 5. The van der Waals surface area contributed by atoms with Crippen molar-refractivity contribution in [3.63, 3.8) is 0 Å². The molecule has 0 radical (unpaired) electrons. The number of nitrogens with one attached hydrogen (secondary N) is 1. The highest BCUT2D eigenvalue weighted by atomic mass is 16.2. The highest BCUT2D eigenvalue weighted by molar-refractivity contribution is 6.19. The molecule has 7 nitrogen and oxygen atoms in total. The Labute approximate surface area is 110 Å². The molecule has 7 heteroatoms. The van der Waals surface area contributed by atoms with Crippen LogP contribution in [-0.2, 0) is 14.4 Å². The van der Waals surface area contributed by atoms with Gasteiger partial charge in [-0.15, -0.1) is 0 Å². The van der Waals surface area contributed by atoms with Crippen LogP contribution in [0.3, 0.4) is 0 Å². The van der Waals surface area contributed by atoms with E-state index in [0.29, 0.717) is 13.1 Å². The molecule has 0 aliphatic carbocycles. The van der Waals surface area contributed by atoms with E-state index in [4.69, 9.17) is 0 Å². The molecule has 19 heavy (non-hydrogen) atoms. The van der Waals surface area contributed by atoms with Gasteiger partial charge in [0.25, 0.3) is 0 Å². The van der Waals surface area contributed by atoms with Crippen LogP contribution in [-0.4, -0.2) is 53.2 Å². The van der Waals surface area contributed by atoms with Crippen LogP contribution in [0.2, 0.25) is 0 Å². The summed E-state index contributed by atoms with van der Waals surface area (Å²) in [5, 5.41) is 2.10. The van der Waals surface area contributed by atoms with E-state index < -0.39 is 23.3 Å². The molecular weight excluding hydrogens is 250 g/mol. The van der Waals surface area contributed by atoms with Crippen LogP contribution < -0.4 is 5.32 Å². The molecule has 104 valence electrons. The molecule has 0 aromatic rings. The van der Waals surface area contributed by atoms with Gasteiger partial charge in [-0.25, -0.2) is 4.79 Å². The SMILES string of the molecule is CC1(C)C(=O)NC(=O)N(CC(=O)N2CCCC2)C1=O. The van der Waals surface area contributed by atoms with Crippen molar-refractivity contribution in [1.29, 1.82) is 0 Å². The fourth-order valence-electron chi connectivity index (χ4n) is 2.19. The van der Waals surface area contributed by atoms with Gasteiger partial charge in [0.2, 0.25) is 17.7 Å². The van der Waals surface area contributed by atoms with Crippen LogP contribution in [0.1, 0.15) is 26.7 Å². The Balaban J connectivity index is 2.10. The molecular formula is C12H17N3O4. The maximum absolute atomic E-state index is 12.1. The molecule has 0 atom stereocenters. The number of carbonyl (C=O) groups is 4. The van der Waals surface area contributed by atoms with Crippen molar-refractivity contribution in [2.45, 2.75) is 26.7 Å². The molecule has 0 bridgehead atoms. The van der Waals surface area contributed by atoms with Crippen LogP contribution >= 0.6 is 0 Å². The van der Waals surface area contributed by atoms with E-state index in [9.17, 15) is 19.2 Å².